The van der Waals surface area contributed by atoms with Gasteiger partial charge in [0.2, 0.25) is 0 Å². The first-order valence-corrected chi connectivity index (χ1v) is 5.84. The maximum absolute atomic E-state index is 10.1. The van der Waals surface area contributed by atoms with Gasteiger partial charge < -0.3 is 24.4 Å². The first-order valence-electron chi connectivity index (χ1n) is 5.84. The van der Waals surface area contributed by atoms with Crippen LogP contribution in [0.5, 0.6) is 0 Å². The zero-order chi connectivity index (χ0) is 13.1. The Balaban J connectivity index is 2.72. The molecule has 0 radical (unpaired) electrons. The van der Waals surface area contributed by atoms with E-state index < -0.39 is 30.2 Å². The molecular weight excluding hydrogens is 224 g/mol. The minimum Gasteiger partial charge on any atom is -0.394 e. The largest absolute Gasteiger partial charge is 0.394 e. The highest BCUT2D eigenvalue weighted by Gasteiger charge is 2.45. The summed E-state index contributed by atoms with van der Waals surface area (Å²) in [5, 5.41) is 19.3. The van der Waals surface area contributed by atoms with Crippen molar-refractivity contribution in [3.63, 3.8) is 0 Å². The lowest BCUT2D eigenvalue weighted by molar-refractivity contribution is -0.168. The first-order chi connectivity index (χ1) is 7.95. The third-order valence-corrected chi connectivity index (χ3v) is 2.67. The van der Waals surface area contributed by atoms with E-state index in [-0.39, 0.29) is 6.61 Å². The lowest BCUT2D eigenvalue weighted by atomic mass is 10.0. The van der Waals surface area contributed by atoms with Crippen molar-refractivity contribution in [2.75, 3.05) is 13.2 Å². The Morgan fingerprint density at radius 1 is 1.47 bits per heavy atom. The number of aliphatic hydroxyl groups excluding tert-OH is 2. The molecule has 1 aliphatic heterocycles. The van der Waals surface area contributed by atoms with E-state index in [1.54, 1.807) is 26.8 Å². The maximum Gasteiger partial charge on any atom is 0.164 e. The van der Waals surface area contributed by atoms with E-state index in [1.165, 1.54) is 0 Å². The molecule has 4 atom stereocenters. The number of rotatable bonds is 6. The highest BCUT2D eigenvalue weighted by Crippen LogP contribution is 2.31. The van der Waals surface area contributed by atoms with E-state index in [0.717, 1.165) is 0 Å². The molecule has 2 N–H and O–H groups in total. The van der Waals surface area contributed by atoms with Crippen LogP contribution in [0.25, 0.3) is 0 Å². The molecule has 0 aromatic heterocycles. The molecule has 1 heterocycles. The summed E-state index contributed by atoms with van der Waals surface area (Å²) in [6, 6.07) is 0. The molecule has 0 aromatic rings. The summed E-state index contributed by atoms with van der Waals surface area (Å²) in [5.41, 5.74) is 0. The van der Waals surface area contributed by atoms with E-state index >= 15 is 0 Å². The third kappa shape index (κ3) is 3.50. The molecule has 0 aliphatic carbocycles. The van der Waals surface area contributed by atoms with Crippen molar-refractivity contribution >= 4 is 0 Å². The van der Waals surface area contributed by atoms with Crippen LogP contribution in [-0.2, 0) is 14.2 Å². The Morgan fingerprint density at radius 2 is 2.12 bits per heavy atom. The molecule has 1 fully saturated rings. The number of hydrogen-bond donors (Lipinski definition) is 2. The molecule has 5 heteroatoms. The van der Waals surface area contributed by atoms with Gasteiger partial charge in [0.15, 0.2) is 5.79 Å². The number of ether oxygens (including phenoxy) is 3. The number of hydrogen-bond acceptors (Lipinski definition) is 5. The second-order valence-corrected chi connectivity index (χ2v) is 4.47. The molecule has 17 heavy (non-hydrogen) atoms. The van der Waals surface area contributed by atoms with Gasteiger partial charge in [-0.2, -0.15) is 0 Å². The predicted octanol–water partition coefficient (Wildman–Crippen LogP) is 0.451. The standard InChI is InChI=1S/C12H22O5/c1-5-8-11(17-12(3,4)16-8)10(14)9(7-13)15-6-2/h5,8-11,13-14H,1,6-7H2,2-4H3/t8-,9+,10+,11+/m1/s1. The van der Waals surface area contributed by atoms with Crippen LogP contribution in [0.1, 0.15) is 20.8 Å². The van der Waals surface area contributed by atoms with Crippen LogP contribution in [0.4, 0.5) is 0 Å². The third-order valence-electron chi connectivity index (χ3n) is 2.67. The van der Waals surface area contributed by atoms with Crippen LogP contribution in [-0.4, -0.2) is 53.6 Å². The Hall–Kier alpha value is -0.460. The van der Waals surface area contributed by atoms with Gasteiger partial charge in [0.05, 0.1) is 6.61 Å². The van der Waals surface area contributed by atoms with Gasteiger partial charge in [0.1, 0.15) is 24.4 Å². The zero-order valence-corrected chi connectivity index (χ0v) is 10.6. The second kappa shape index (κ2) is 5.93. The van der Waals surface area contributed by atoms with Gasteiger partial charge >= 0.3 is 0 Å². The van der Waals surface area contributed by atoms with Gasteiger partial charge in [0.25, 0.3) is 0 Å². The average molecular weight is 246 g/mol. The monoisotopic (exact) mass is 246 g/mol. The van der Waals surface area contributed by atoms with E-state index in [2.05, 4.69) is 6.58 Å². The molecule has 0 aromatic carbocycles. The fraction of sp³-hybridized carbons (Fsp3) is 0.833. The smallest absolute Gasteiger partial charge is 0.164 e. The predicted molar refractivity (Wildman–Crippen MR) is 62.5 cm³/mol. The molecule has 0 saturated carbocycles. The summed E-state index contributed by atoms with van der Waals surface area (Å²) in [4.78, 5) is 0. The average Bonchev–Trinajstić information content (AvgIpc) is 2.60. The van der Waals surface area contributed by atoms with Gasteiger partial charge in [-0.05, 0) is 20.8 Å². The van der Waals surface area contributed by atoms with Gasteiger partial charge in [-0.3, -0.25) is 0 Å². The van der Waals surface area contributed by atoms with Crippen LogP contribution in [0, 0.1) is 0 Å². The molecule has 1 rings (SSSR count). The fourth-order valence-electron chi connectivity index (χ4n) is 1.95. The van der Waals surface area contributed by atoms with Crippen LogP contribution in [0.3, 0.4) is 0 Å². The molecule has 0 unspecified atom stereocenters. The van der Waals surface area contributed by atoms with Gasteiger partial charge in [0, 0.05) is 6.61 Å². The van der Waals surface area contributed by atoms with Crippen LogP contribution in [0.2, 0.25) is 0 Å². The van der Waals surface area contributed by atoms with Crippen LogP contribution in [0.15, 0.2) is 12.7 Å². The normalized spacial score (nSPS) is 31.1. The summed E-state index contributed by atoms with van der Waals surface area (Å²) in [5.74, 6) is -0.767. The summed E-state index contributed by atoms with van der Waals surface area (Å²) in [7, 11) is 0. The van der Waals surface area contributed by atoms with Gasteiger partial charge in [-0.25, -0.2) is 0 Å². The molecule has 1 aliphatic rings. The Morgan fingerprint density at radius 3 is 2.59 bits per heavy atom. The quantitative estimate of drug-likeness (QED) is 0.666. The second-order valence-electron chi connectivity index (χ2n) is 4.47. The van der Waals surface area contributed by atoms with E-state index in [9.17, 15) is 5.11 Å². The Labute approximate surface area is 102 Å². The molecule has 0 spiro atoms. The van der Waals surface area contributed by atoms with Crippen molar-refractivity contribution in [1.82, 2.24) is 0 Å². The number of aliphatic hydroxyl groups is 2. The maximum atomic E-state index is 10.1. The highest BCUT2D eigenvalue weighted by atomic mass is 16.8. The van der Waals surface area contributed by atoms with E-state index in [1.807, 2.05) is 0 Å². The summed E-state index contributed by atoms with van der Waals surface area (Å²) >= 11 is 0. The lowest BCUT2D eigenvalue weighted by Crippen LogP contribution is -2.45. The highest BCUT2D eigenvalue weighted by molar-refractivity contribution is 4.98. The fourth-order valence-corrected chi connectivity index (χ4v) is 1.95. The summed E-state index contributed by atoms with van der Waals surface area (Å²) in [6.07, 6.45) is -1.03. The molecule has 0 bridgehead atoms. The molecule has 100 valence electrons. The van der Waals surface area contributed by atoms with Crippen molar-refractivity contribution in [2.45, 2.75) is 51.0 Å². The zero-order valence-electron chi connectivity index (χ0n) is 10.6. The van der Waals surface area contributed by atoms with Crippen LogP contribution >= 0.6 is 0 Å². The van der Waals surface area contributed by atoms with Crippen molar-refractivity contribution in [3.8, 4) is 0 Å². The van der Waals surface area contributed by atoms with Gasteiger partial charge in [-0.15, -0.1) is 6.58 Å². The van der Waals surface area contributed by atoms with Crippen molar-refractivity contribution in [1.29, 1.82) is 0 Å². The van der Waals surface area contributed by atoms with E-state index in [0.29, 0.717) is 6.61 Å². The van der Waals surface area contributed by atoms with Gasteiger partial charge in [-0.1, -0.05) is 6.08 Å². The molecular formula is C12H22O5. The molecule has 5 nitrogen and oxygen atoms in total. The topological polar surface area (TPSA) is 68.2 Å². The van der Waals surface area contributed by atoms with Crippen molar-refractivity contribution in [2.24, 2.45) is 0 Å². The van der Waals surface area contributed by atoms with E-state index in [4.69, 9.17) is 19.3 Å². The minimum atomic E-state index is -0.954. The Kier molecular flexibility index (Phi) is 5.09. The minimum absolute atomic E-state index is 0.265. The summed E-state index contributed by atoms with van der Waals surface area (Å²) in [6.45, 7) is 9.14. The summed E-state index contributed by atoms with van der Waals surface area (Å²) < 4.78 is 16.4. The molecule has 0 amide bonds. The lowest BCUT2D eigenvalue weighted by Gasteiger charge is -2.27. The Bertz CT molecular complexity index is 253. The van der Waals surface area contributed by atoms with Crippen molar-refractivity contribution < 1.29 is 24.4 Å². The SMILES string of the molecule is C=C[C@H]1OC(C)(C)O[C@@H]1[C@@H](O)[C@H](CO)OCC. The van der Waals surface area contributed by atoms with Crippen molar-refractivity contribution in [3.05, 3.63) is 12.7 Å². The first kappa shape index (κ1) is 14.6. The molecule has 1 saturated heterocycles. The van der Waals surface area contributed by atoms with Crippen LogP contribution < -0.4 is 0 Å².